The van der Waals surface area contributed by atoms with Crippen molar-refractivity contribution >= 4 is 6.21 Å². The van der Waals surface area contributed by atoms with Gasteiger partial charge in [-0.05, 0) is 12.8 Å². The smallest absolute Gasteiger partial charge is 0.0521 e. The topological polar surface area (TPSA) is 23.9 Å². The summed E-state index contributed by atoms with van der Waals surface area (Å²) >= 11 is 0. The molecule has 1 heteroatoms. The molecule has 0 spiro atoms. The maximum absolute atomic E-state index is 6.51. The van der Waals surface area contributed by atoms with Crippen molar-refractivity contribution in [3.63, 3.8) is 0 Å². The largest absolute Gasteiger partial charge is 0.303 e. The van der Waals surface area contributed by atoms with Gasteiger partial charge in [-0.15, -0.1) is 0 Å². The first-order valence-electron chi connectivity index (χ1n) is 2.60. The normalized spacial score (nSPS) is 8.71. The molecule has 0 bridgehead atoms. The van der Waals surface area contributed by atoms with Gasteiger partial charge in [-0.3, -0.25) is 0 Å². The fraction of sp³-hybridized carbons (Fsp3) is 0.667. The van der Waals surface area contributed by atoms with E-state index in [4.69, 9.17) is 5.41 Å². The van der Waals surface area contributed by atoms with Gasteiger partial charge in [0.05, 0.1) is 6.21 Å². The standard InChI is InChI=1S/C6H11N/c1-2-3-4-5-6-7/h7H,1-5H2. The van der Waals surface area contributed by atoms with Crippen molar-refractivity contribution < 1.29 is 0 Å². The van der Waals surface area contributed by atoms with Crippen LogP contribution in [0.15, 0.2) is 0 Å². The molecule has 0 amide bonds. The Hall–Kier alpha value is -0.330. The first-order valence-corrected chi connectivity index (χ1v) is 2.60. The van der Waals surface area contributed by atoms with Crippen LogP contribution in [0.4, 0.5) is 0 Å². The minimum absolute atomic E-state index is 0.801. The number of hydrogen-bond acceptors (Lipinski definition) is 1. The minimum atomic E-state index is 0.801. The van der Waals surface area contributed by atoms with Crippen LogP contribution < -0.4 is 0 Å². The molecule has 0 saturated heterocycles. The van der Waals surface area contributed by atoms with E-state index in [0.717, 1.165) is 25.7 Å². The second-order valence-electron chi connectivity index (χ2n) is 1.49. The lowest BCUT2D eigenvalue weighted by atomic mass is 10.2. The molecule has 0 aliphatic carbocycles. The van der Waals surface area contributed by atoms with Crippen LogP contribution in [0.1, 0.15) is 25.7 Å². The Bertz CT molecular complexity index is 41.4. The molecule has 0 aromatic carbocycles. The lowest BCUT2D eigenvalue weighted by Crippen LogP contribution is -1.73. The summed E-state index contributed by atoms with van der Waals surface area (Å²) in [4.78, 5) is 0. The summed E-state index contributed by atoms with van der Waals surface area (Å²) < 4.78 is 0. The zero-order valence-electron chi connectivity index (χ0n) is 4.54. The van der Waals surface area contributed by atoms with E-state index in [0.29, 0.717) is 0 Å². The Morgan fingerprint density at radius 3 is 2.57 bits per heavy atom. The zero-order valence-corrected chi connectivity index (χ0v) is 4.54. The third-order valence-electron chi connectivity index (χ3n) is 0.802. The summed E-state index contributed by atoms with van der Waals surface area (Å²) in [6.07, 6.45) is 6.32. The molecule has 0 rings (SSSR count). The Morgan fingerprint density at radius 2 is 2.14 bits per heavy atom. The van der Waals surface area contributed by atoms with Crippen LogP contribution in [-0.2, 0) is 0 Å². The van der Waals surface area contributed by atoms with Crippen molar-refractivity contribution in [1.29, 1.82) is 5.41 Å². The van der Waals surface area contributed by atoms with Crippen molar-refractivity contribution in [2.45, 2.75) is 25.7 Å². The first-order chi connectivity index (χ1) is 3.41. The van der Waals surface area contributed by atoms with E-state index in [-0.39, 0.29) is 0 Å². The average Bonchev–Trinajstić information content (AvgIpc) is 1.69. The molecule has 0 aliphatic heterocycles. The summed E-state index contributed by atoms with van der Waals surface area (Å²) in [5.74, 6) is 0. The van der Waals surface area contributed by atoms with Gasteiger partial charge in [-0.2, -0.15) is 0 Å². The lowest BCUT2D eigenvalue weighted by Gasteiger charge is -1.86. The van der Waals surface area contributed by atoms with E-state index in [9.17, 15) is 0 Å². The summed E-state index contributed by atoms with van der Waals surface area (Å²) in [6, 6.07) is 0. The van der Waals surface area contributed by atoms with Crippen LogP contribution in [0.3, 0.4) is 0 Å². The molecule has 1 N–H and O–H groups in total. The third kappa shape index (κ3) is 5.67. The van der Waals surface area contributed by atoms with Gasteiger partial charge in [0.25, 0.3) is 0 Å². The fourth-order valence-corrected chi connectivity index (χ4v) is 0.390. The summed E-state index contributed by atoms with van der Waals surface area (Å²) in [7, 11) is 0. The Labute approximate surface area is 45.2 Å². The predicted molar refractivity (Wildman–Crippen MR) is 31.6 cm³/mol. The Balaban J connectivity index is 2.56. The molecule has 0 aromatic heterocycles. The number of rotatable bonds is 4. The van der Waals surface area contributed by atoms with E-state index in [1.165, 1.54) is 0 Å². The Kier molecular flexibility index (Phi) is 5.40. The van der Waals surface area contributed by atoms with Crippen molar-refractivity contribution in [3.8, 4) is 0 Å². The van der Waals surface area contributed by atoms with E-state index < -0.39 is 0 Å². The minimum Gasteiger partial charge on any atom is -0.303 e. The molecule has 0 aliphatic rings. The van der Waals surface area contributed by atoms with E-state index in [1.807, 2.05) is 0 Å². The van der Waals surface area contributed by atoms with Crippen LogP contribution in [0.5, 0.6) is 0 Å². The van der Waals surface area contributed by atoms with Gasteiger partial charge in [0.2, 0.25) is 0 Å². The predicted octanol–water partition coefficient (Wildman–Crippen LogP) is 1.91. The van der Waals surface area contributed by atoms with Crippen molar-refractivity contribution in [2.24, 2.45) is 0 Å². The van der Waals surface area contributed by atoms with Crippen LogP contribution in [0, 0.1) is 12.3 Å². The molecular formula is C6H11N. The quantitative estimate of drug-likeness (QED) is 0.409. The van der Waals surface area contributed by atoms with Crippen LogP contribution in [0.2, 0.25) is 0 Å². The molecule has 0 unspecified atom stereocenters. The highest BCUT2D eigenvalue weighted by Crippen LogP contribution is 1.94. The maximum atomic E-state index is 6.51. The highest BCUT2D eigenvalue weighted by Gasteiger charge is 1.79. The van der Waals surface area contributed by atoms with Crippen LogP contribution >= 0.6 is 0 Å². The van der Waals surface area contributed by atoms with E-state index >= 15 is 0 Å². The van der Waals surface area contributed by atoms with Crippen LogP contribution in [-0.4, -0.2) is 6.21 Å². The van der Waals surface area contributed by atoms with Crippen LogP contribution in [0.25, 0.3) is 0 Å². The molecule has 0 atom stereocenters. The molecule has 2 radical (unpaired) electrons. The molecule has 0 fully saturated rings. The summed E-state index contributed by atoms with van der Waals surface area (Å²) in [5, 5.41) is 6.51. The lowest BCUT2D eigenvalue weighted by molar-refractivity contribution is 0.780. The SMILES string of the molecule is [CH2]CCCC[C]=N. The van der Waals surface area contributed by atoms with Gasteiger partial charge in [0.15, 0.2) is 0 Å². The van der Waals surface area contributed by atoms with Gasteiger partial charge in [0, 0.05) is 0 Å². The molecule has 1 nitrogen and oxygen atoms in total. The Morgan fingerprint density at radius 1 is 1.43 bits per heavy atom. The van der Waals surface area contributed by atoms with Crippen molar-refractivity contribution in [2.75, 3.05) is 0 Å². The molecule has 0 saturated carbocycles. The number of hydrogen-bond donors (Lipinski definition) is 1. The highest BCUT2D eigenvalue weighted by molar-refractivity contribution is 5.52. The number of nitrogens with one attached hydrogen (secondary N) is 1. The summed E-state index contributed by atoms with van der Waals surface area (Å²) in [5.41, 5.74) is 0. The maximum Gasteiger partial charge on any atom is 0.0521 e. The summed E-state index contributed by atoms with van der Waals surface area (Å²) in [6.45, 7) is 3.67. The molecule has 40 valence electrons. The van der Waals surface area contributed by atoms with Gasteiger partial charge < -0.3 is 5.41 Å². The second kappa shape index (κ2) is 5.67. The van der Waals surface area contributed by atoms with Gasteiger partial charge in [-0.25, -0.2) is 0 Å². The third-order valence-corrected chi connectivity index (χ3v) is 0.802. The van der Waals surface area contributed by atoms with Gasteiger partial charge in [0.1, 0.15) is 0 Å². The van der Waals surface area contributed by atoms with Gasteiger partial charge in [-0.1, -0.05) is 19.8 Å². The first kappa shape index (κ1) is 6.67. The molecular weight excluding hydrogens is 86.1 g/mol. The van der Waals surface area contributed by atoms with Crippen molar-refractivity contribution in [3.05, 3.63) is 6.92 Å². The zero-order chi connectivity index (χ0) is 5.54. The highest BCUT2D eigenvalue weighted by atomic mass is 14.3. The monoisotopic (exact) mass is 97.1 g/mol. The molecule has 7 heavy (non-hydrogen) atoms. The molecule has 0 heterocycles. The molecule has 0 aromatic rings. The number of unbranched alkanes of at least 4 members (excludes halogenated alkanes) is 3. The van der Waals surface area contributed by atoms with Gasteiger partial charge >= 0.3 is 0 Å². The fourth-order valence-electron chi connectivity index (χ4n) is 0.390. The van der Waals surface area contributed by atoms with E-state index in [2.05, 4.69) is 13.1 Å². The average molecular weight is 97.2 g/mol. The van der Waals surface area contributed by atoms with E-state index in [1.54, 1.807) is 0 Å². The second-order valence-corrected chi connectivity index (χ2v) is 1.49. The van der Waals surface area contributed by atoms with Crippen molar-refractivity contribution in [1.82, 2.24) is 0 Å².